The van der Waals surface area contributed by atoms with Gasteiger partial charge in [-0.3, -0.25) is 0 Å². The minimum Gasteiger partial charge on any atom is -0.198 e. The molecule has 10 heteroatoms. The average Bonchev–Trinajstić information content (AvgIpc) is 3.55. The van der Waals surface area contributed by atoms with Crippen molar-refractivity contribution in [2.45, 2.75) is 12.8 Å². The Labute approximate surface area is 257 Å². The molecule has 0 unspecified atom stereocenters. The number of rotatable bonds is 8. The zero-order chi connectivity index (χ0) is 26.5. The van der Waals surface area contributed by atoms with E-state index >= 15 is 0 Å². The molecular weight excluding hydrogens is 621 g/mol. The molecule has 0 spiro atoms. The molecule has 0 radical (unpaired) electrons. The smallest absolute Gasteiger partial charge is 0.0660 e. The molecule has 0 saturated heterocycles. The summed E-state index contributed by atoms with van der Waals surface area (Å²) in [6.07, 6.45) is 5.39. The number of hydrogen-bond acceptors (Lipinski definition) is 10. The van der Waals surface area contributed by atoms with Crippen LogP contribution in [0.4, 0.5) is 0 Å². The van der Waals surface area contributed by atoms with Crippen molar-refractivity contribution in [3.8, 4) is 12.1 Å². The highest BCUT2D eigenvalue weighted by atomic mass is 32.3. The Balaban J connectivity index is 1.74. The van der Waals surface area contributed by atoms with E-state index < -0.39 is 0 Å². The lowest BCUT2D eigenvalue weighted by Gasteiger charge is -2.11. The van der Waals surface area contributed by atoms with Gasteiger partial charge in [-0.2, -0.15) is 10.5 Å². The number of benzene rings is 3. The Morgan fingerprint density at radius 3 is 1.24 bits per heavy atom. The Morgan fingerprint density at radius 2 is 0.921 bits per heavy atom. The molecule has 0 aromatic heterocycles. The Morgan fingerprint density at radius 1 is 0.579 bits per heavy atom. The Hall–Kier alpha value is -0.820. The second-order valence-electron chi connectivity index (χ2n) is 7.90. The lowest BCUT2D eigenvalue weighted by atomic mass is 9.99. The maximum absolute atomic E-state index is 9.08. The fourth-order valence-corrected chi connectivity index (χ4v) is 15.1. The summed E-state index contributed by atoms with van der Waals surface area (Å²) in [4.78, 5) is 0. The first-order valence-electron chi connectivity index (χ1n) is 11.7. The van der Waals surface area contributed by atoms with Crippen LogP contribution < -0.4 is 10.4 Å². The van der Waals surface area contributed by atoms with Crippen LogP contribution in [0.15, 0.2) is 65.5 Å². The summed E-state index contributed by atoms with van der Waals surface area (Å²) >= 11 is 14.7. The maximum atomic E-state index is 9.08. The van der Waals surface area contributed by atoms with Crippen molar-refractivity contribution in [3.05, 3.63) is 75.9 Å². The van der Waals surface area contributed by atoms with Crippen LogP contribution in [-0.2, 0) is 0 Å². The van der Waals surface area contributed by atoms with Crippen LogP contribution in [-0.4, -0.2) is 24.0 Å². The van der Waals surface area contributed by atoms with Gasteiger partial charge in [0.1, 0.15) is 0 Å². The molecular formula is C28H22N2S8. The van der Waals surface area contributed by atoms with Gasteiger partial charge in [-0.05, 0) is 34.1 Å². The summed E-state index contributed by atoms with van der Waals surface area (Å²) in [7, 11) is 0. The van der Waals surface area contributed by atoms with Gasteiger partial charge in [-0.25, -0.2) is 0 Å². The van der Waals surface area contributed by atoms with E-state index in [1.165, 1.54) is 57.4 Å². The number of fused-ring (bicyclic) bond motifs is 2. The zero-order valence-corrected chi connectivity index (χ0v) is 27.1. The van der Waals surface area contributed by atoms with Crippen LogP contribution in [0, 0.1) is 22.7 Å². The fraction of sp³-hybridized carbons (Fsp3) is 0.214. The third-order valence-corrected chi connectivity index (χ3v) is 16.4. The molecule has 192 valence electrons. The van der Waals surface area contributed by atoms with Crippen LogP contribution in [0.25, 0.3) is 30.0 Å². The average molecular weight is 643 g/mol. The molecule has 3 aromatic carbocycles. The van der Waals surface area contributed by atoms with Gasteiger partial charge in [-0.1, -0.05) is 95.6 Å². The minimum absolute atomic E-state index is 0.531. The molecule has 0 N–H and O–H groups in total. The van der Waals surface area contributed by atoms with E-state index in [1.54, 1.807) is 23.5 Å². The number of thioether (sulfide) groups is 8. The van der Waals surface area contributed by atoms with E-state index in [2.05, 4.69) is 73.2 Å². The summed E-state index contributed by atoms with van der Waals surface area (Å²) in [5.74, 6) is 1.56. The summed E-state index contributed by atoms with van der Waals surface area (Å²) in [5.41, 5.74) is 0. The largest absolute Gasteiger partial charge is 0.198 e. The normalized spacial score (nSPS) is 15.7. The molecule has 0 fully saturated rings. The van der Waals surface area contributed by atoms with Gasteiger partial charge in [0, 0.05) is 34.8 Å². The summed E-state index contributed by atoms with van der Waals surface area (Å²) < 4.78 is 7.92. The van der Waals surface area contributed by atoms with Crippen molar-refractivity contribution < 1.29 is 0 Å². The highest BCUT2D eigenvalue weighted by Gasteiger charge is 2.26. The van der Waals surface area contributed by atoms with Crippen LogP contribution in [0.1, 0.15) is 12.8 Å². The first-order chi connectivity index (χ1) is 18.7. The van der Waals surface area contributed by atoms with Gasteiger partial charge in [0.2, 0.25) is 0 Å². The van der Waals surface area contributed by atoms with Crippen molar-refractivity contribution in [2.24, 2.45) is 0 Å². The van der Waals surface area contributed by atoms with E-state index in [0.29, 0.717) is 12.8 Å². The topological polar surface area (TPSA) is 47.6 Å². The predicted octanol–water partition coefficient (Wildman–Crippen LogP) is 9.36. The van der Waals surface area contributed by atoms with Crippen molar-refractivity contribution in [1.82, 2.24) is 0 Å². The van der Waals surface area contributed by atoms with Crippen molar-refractivity contribution in [1.29, 1.82) is 10.5 Å². The number of hydrogen-bond donors (Lipinski definition) is 0. The van der Waals surface area contributed by atoms with Gasteiger partial charge >= 0.3 is 0 Å². The molecule has 0 bridgehead atoms. The molecule has 2 aliphatic rings. The summed E-state index contributed by atoms with van der Waals surface area (Å²) in [5, 5.41) is 25.9. The molecule has 0 aliphatic carbocycles. The first kappa shape index (κ1) is 28.7. The molecule has 5 rings (SSSR count). The quantitative estimate of drug-likeness (QED) is 0.175. The zero-order valence-electron chi connectivity index (χ0n) is 20.6. The third kappa shape index (κ3) is 5.94. The number of nitriles is 2. The van der Waals surface area contributed by atoms with Crippen molar-refractivity contribution in [3.63, 3.8) is 0 Å². The van der Waals surface area contributed by atoms with E-state index in [9.17, 15) is 0 Å². The Kier molecular flexibility index (Phi) is 10.3. The third-order valence-electron chi connectivity index (χ3n) is 5.68. The van der Waals surface area contributed by atoms with Gasteiger partial charge in [0.25, 0.3) is 0 Å². The molecule has 0 atom stereocenters. The van der Waals surface area contributed by atoms with Gasteiger partial charge in [0.15, 0.2) is 0 Å². The molecule has 38 heavy (non-hydrogen) atoms. The van der Waals surface area contributed by atoms with Gasteiger partial charge in [-0.15, -0.1) is 47.0 Å². The molecule has 2 heterocycles. The minimum atomic E-state index is 0.531. The summed E-state index contributed by atoms with van der Waals surface area (Å²) in [6, 6.07) is 22.2. The van der Waals surface area contributed by atoms with Gasteiger partial charge < -0.3 is 0 Å². The highest BCUT2D eigenvalue weighted by Crippen LogP contribution is 2.59. The molecule has 2 aliphatic heterocycles. The monoisotopic (exact) mass is 642 g/mol. The van der Waals surface area contributed by atoms with E-state index in [-0.39, 0.29) is 0 Å². The molecule has 0 saturated carbocycles. The SMILES string of the molecule is CSC1=C(SC)SC(=c2c3ccccc3c(=C3SC(SCCC#N)=C(SCCC#N)S3)c3ccccc23)S1. The fourth-order valence-electron chi connectivity index (χ4n) is 4.12. The molecule has 3 aromatic rings. The van der Waals surface area contributed by atoms with Crippen LogP contribution in [0.3, 0.4) is 0 Å². The van der Waals surface area contributed by atoms with E-state index in [0.717, 1.165) is 11.5 Å². The first-order valence-corrected chi connectivity index (χ1v) is 19.3. The van der Waals surface area contributed by atoms with E-state index in [1.807, 2.05) is 70.6 Å². The standard InChI is InChI=1S/C28H22N2S8/c1-31-25-26(32-2)36-23(35-25)21-17-9-3-5-11-19(17)22(20-12-6-4-10-18(20)21)24-37-27(33-15-7-13-29)28(38-24)34-16-8-14-30/h3-6,9-12H,7-8,15-16H2,1-2H3. The predicted molar refractivity (Wildman–Crippen MR) is 184 cm³/mol. The lowest BCUT2D eigenvalue weighted by Crippen LogP contribution is -2.16. The molecule has 0 amide bonds. The molecule has 2 nitrogen and oxygen atoms in total. The lowest BCUT2D eigenvalue weighted by molar-refractivity contribution is 1.24. The van der Waals surface area contributed by atoms with Crippen LogP contribution in [0.5, 0.6) is 0 Å². The second-order valence-corrected chi connectivity index (χ2v) is 17.4. The number of nitrogens with zero attached hydrogens (tertiary/aromatic N) is 2. The van der Waals surface area contributed by atoms with Crippen molar-refractivity contribution >= 4 is 124 Å². The highest BCUT2D eigenvalue weighted by molar-refractivity contribution is 8.46. The van der Waals surface area contributed by atoms with E-state index in [4.69, 9.17) is 10.5 Å². The van der Waals surface area contributed by atoms with Gasteiger partial charge in [0.05, 0.1) is 37.6 Å². The maximum Gasteiger partial charge on any atom is 0.0660 e. The van der Waals surface area contributed by atoms with Crippen LogP contribution >= 0.6 is 94.1 Å². The second kappa shape index (κ2) is 13.7. The van der Waals surface area contributed by atoms with Crippen molar-refractivity contribution in [2.75, 3.05) is 24.0 Å². The van der Waals surface area contributed by atoms with Crippen LogP contribution in [0.2, 0.25) is 0 Å². The summed E-state index contributed by atoms with van der Waals surface area (Å²) in [6.45, 7) is 0. The Bertz CT molecular complexity index is 1560.